The molecule has 1 aromatic rings. The summed E-state index contributed by atoms with van der Waals surface area (Å²) in [6.07, 6.45) is 2.57. The van der Waals surface area contributed by atoms with Gasteiger partial charge in [0.2, 0.25) is 5.95 Å². The number of anilines is 1. The largest absolute Gasteiger partial charge is 0.377 e. The van der Waals surface area contributed by atoms with Crippen molar-refractivity contribution >= 4 is 5.95 Å². The molecular weight excluding hydrogens is 230 g/mol. The third-order valence-corrected chi connectivity index (χ3v) is 2.84. The fourth-order valence-electron chi connectivity index (χ4n) is 2.03. The summed E-state index contributed by atoms with van der Waals surface area (Å²) in [6, 6.07) is 1.96. The Morgan fingerprint density at radius 2 is 2.17 bits per heavy atom. The van der Waals surface area contributed by atoms with Crippen molar-refractivity contribution in [3.05, 3.63) is 17.5 Å². The van der Waals surface area contributed by atoms with E-state index in [0.29, 0.717) is 25.3 Å². The number of rotatable bonds is 6. The van der Waals surface area contributed by atoms with Gasteiger partial charge in [-0.1, -0.05) is 0 Å². The molecular formula is C13H21N3O2. The van der Waals surface area contributed by atoms with Gasteiger partial charge in [0.1, 0.15) is 0 Å². The molecule has 18 heavy (non-hydrogen) atoms. The van der Waals surface area contributed by atoms with E-state index in [1.807, 2.05) is 19.9 Å². The normalized spacial score (nSPS) is 19.1. The van der Waals surface area contributed by atoms with Gasteiger partial charge in [-0.15, -0.1) is 0 Å². The lowest BCUT2D eigenvalue weighted by Gasteiger charge is -2.10. The van der Waals surface area contributed by atoms with Crippen LogP contribution in [0.3, 0.4) is 0 Å². The lowest BCUT2D eigenvalue weighted by Crippen LogP contribution is -2.18. The van der Waals surface area contributed by atoms with Crippen LogP contribution in [0.2, 0.25) is 0 Å². The first-order valence-electron chi connectivity index (χ1n) is 6.49. The lowest BCUT2D eigenvalue weighted by atomic mass is 10.2. The number of nitrogens with one attached hydrogen (secondary N) is 1. The van der Waals surface area contributed by atoms with Gasteiger partial charge in [0.25, 0.3) is 0 Å². The first kappa shape index (κ1) is 13.2. The van der Waals surface area contributed by atoms with Crippen LogP contribution in [0.25, 0.3) is 0 Å². The molecule has 5 heteroatoms. The van der Waals surface area contributed by atoms with Crippen LogP contribution in [-0.4, -0.2) is 42.4 Å². The molecule has 2 rings (SSSR count). The van der Waals surface area contributed by atoms with Gasteiger partial charge >= 0.3 is 0 Å². The molecule has 0 bridgehead atoms. The van der Waals surface area contributed by atoms with E-state index < -0.39 is 0 Å². The van der Waals surface area contributed by atoms with Crippen LogP contribution >= 0.6 is 0 Å². The van der Waals surface area contributed by atoms with Crippen LogP contribution in [0.1, 0.15) is 24.2 Å². The Kier molecular flexibility index (Phi) is 4.90. The van der Waals surface area contributed by atoms with E-state index in [1.165, 1.54) is 0 Å². The van der Waals surface area contributed by atoms with Crippen molar-refractivity contribution in [1.82, 2.24) is 9.97 Å². The van der Waals surface area contributed by atoms with Crippen LogP contribution in [0, 0.1) is 13.8 Å². The molecule has 1 saturated heterocycles. The summed E-state index contributed by atoms with van der Waals surface area (Å²) < 4.78 is 11.0. The average molecular weight is 251 g/mol. The van der Waals surface area contributed by atoms with Gasteiger partial charge in [-0.2, -0.15) is 0 Å². The quantitative estimate of drug-likeness (QED) is 0.780. The molecule has 0 amide bonds. The minimum atomic E-state index is 0.294. The predicted molar refractivity (Wildman–Crippen MR) is 69.8 cm³/mol. The Labute approximate surface area is 108 Å². The summed E-state index contributed by atoms with van der Waals surface area (Å²) in [5, 5.41) is 3.16. The zero-order valence-corrected chi connectivity index (χ0v) is 11.1. The van der Waals surface area contributed by atoms with Gasteiger partial charge in [0.05, 0.1) is 19.3 Å². The maximum atomic E-state index is 5.56. The van der Waals surface area contributed by atoms with Crippen molar-refractivity contribution in [2.24, 2.45) is 0 Å². The van der Waals surface area contributed by atoms with Gasteiger partial charge in [0, 0.05) is 24.5 Å². The molecule has 0 saturated carbocycles. The minimum absolute atomic E-state index is 0.294. The van der Waals surface area contributed by atoms with Gasteiger partial charge in [0.15, 0.2) is 0 Å². The van der Waals surface area contributed by atoms with Crippen LogP contribution in [0.4, 0.5) is 5.95 Å². The van der Waals surface area contributed by atoms with Crippen molar-refractivity contribution in [3.8, 4) is 0 Å². The number of aromatic nitrogens is 2. The number of hydrogen-bond acceptors (Lipinski definition) is 5. The average Bonchev–Trinajstić information content (AvgIpc) is 2.80. The summed E-state index contributed by atoms with van der Waals surface area (Å²) in [7, 11) is 0. The smallest absolute Gasteiger partial charge is 0.223 e. The summed E-state index contributed by atoms with van der Waals surface area (Å²) >= 11 is 0. The Morgan fingerprint density at radius 3 is 2.83 bits per heavy atom. The maximum Gasteiger partial charge on any atom is 0.223 e. The molecule has 1 atom stereocenters. The van der Waals surface area contributed by atoms with E-state index in [4.69, 9.17) is 9.47 Å². The van der Waals surface area contributed by atoms with Gasteiger partial charge in [-0.05, 0) is 32.8 Å². The van der Waals surface area contributed by atoms with E-state index in [2.05, 4.69) is 15.3 Å². The zero-order chi connectivity index (χ0) is 12.8. The molecule has 0 spiro atoms. The molecule has 1 unspecified atom stereocenters. The molecule has 1 fully saturated rings. The second-order valence-corrected chi connectivity index (χ2v) is 4.61. The molecule has 1 aromatic heterocycles. The molecule has 100 valence electrons. The van der Waals surface area contributed by atoms with Crippen LogP contribution < -0.4 is 5.32 Å². The zero-order valence-electron chi connectivity index (χ0n) is 11.1. The van der Waals surface area contributed by atoms with E-state index in [9.17, 15) is 0 Å². The van der Waals surface area contributed by atoms with E-state index in [0.717, 1.165) is 37.4 Å². The number of hydrogen-bond donors (Lipinski definition) is 1. The van der Waals surface area contributed by atoms with Crippen molar-refractivity contribution in [2.75, 3.05) is 31.7 Å². The Bertz CT molecular complexity index is 358. The highest BCUT2D eigenvalue weighted by molar-refractivity contribution is 5.27. The van der Waals surface area contributed by atoms with Gasteiger partial charge < -0.3 is 14.8 Å². The monoisotopic (exact) mass is 251 g/mol. The maximum absolute atomic E-state index is 5.56. The predicted octanol–water partition coefficient (Wildman–Crippen LogP) is 1.70. The molecule has 0 aliphatic carbocycles. The number of nitrogens with zero attached hydrogens (tertiary/aromatic N) is 2. The number of aryl methyl sites for hydroxylation is 2. The Morgan fingerprint density at radius 1 is 1.39 bits per heavy atom. The van der Waals surface area contributed by atoms with Gasteiger partial charge in [-0.3, -0.25) is 0 Å². The second kappa shape index (κ2) is 6.66. The minimum Gasteiger partial charge on any atom is -0.377 e. The summed E-state index contributed by atoms with van der Waals surface area (Å²) in [6.45, 7) is 6.87. The highest BCUT2D eigenvalue weighted by atomic mass is 16.5. The first-order valence-corrected chi connectivity index (χ1v) is 6.49. The highest BCUT2D eigenvalue weighted by Crippen LogP contribution is 2.11. The molecule has 0 aromatic carbocycles. The molecule has 1 aliphatic rings. The Balaban J connectivity index is 1.62. The molecule has 5 nitrogen and oxygen atoms in total. The molecule has 1 N–H and O–H groups in total. The third-order valence-electron chi connectivity index (χ3n) is 2.84. The topological polar surface area (TPSA) is 56.3 Å². The fourth-order valence-corrected chi connectivity index (χ4v) is 2.03. The standard InChI is InChI=1S/C13H21N3O2/c1-10-8-11(2)16-13(15-10)14-5-7-17-9-12-4-3-6-18-12/h8,12H,3-7,9H2,1-2H3,(H,14,15,16). The number of ether oxygens (including phenoxy) is 2. The van der Waals surface area contributed by atoms with Crippen molar-refractivity contribution in [1.29, 1.82) is 0 Å². The lowest BCUT2D eigenvalue weighted by molar-refractivity contribution is 0.0206. The van der Waals surface area contributed by atoms with Crippen LogP contribution in [-0.2, 0) is 9.47 Å². The van der Waals surface area contributed by atoms with Crippen LogP contribution in [0.15, 0.2) is 6.07 Å². The van der Waals surface area contributed by atoms with Crippen molar-refractivity contribution < 1.29 is 9.47 Å². The highest BCUT2D eigenvalue weighted by Gasteiger charge is 2.14. The van der Waals surface area contributed by atoms with Gasteiger partial charge in [-0.25, -0.2) is 9.97 Å². The summed E-state index contributed by atoms with van der Waals surface area (Å²) in [5.41, 5.74) is 1.95. The second-order valence-electron chi connectivity index (χ2n) is 4.61. The van der Waals surface area contributed by atoms with E-state index in [1.54, 1.807) is 0 Å². The first-order chi connectivity index (χ1) is 8.74. The summed E-state index contributed by atoms with van der Waals surface area (Å²) in [4.78, 5) is 8.61. The summed E-state index contributed by atoms with van der Waals surface area (Å²) in [5.74, 6) is 0.674. The van der Waals surface area contributed by atoms with Crippen molar-refractivity contribution in [3.63, 3.8) is 0 Å². The molecule has 2 heterocycles. The molecule has 0 radical (unpaired) electrons. The van der Waals surface area contributed by atoms with Crippen LogP contribution in [0.5, 0.6) is 0 Å². The van der Waals surface area contributed by atoms with Crippen molar-refractivity contribution in [2.45, 2.75) is 32.8 Å². The fraction of sp³-hybridized carbons (Fsp3) is 0.692. The SMILES string of the molecule is Cc1cc(C)nc(NCCOCC2CCCO2)n1. The Hall–Kier alpha value is -1.20. The van der Waals surface area contributed by atoms with E-state index >= 15 is 0 Å². The van der Waals surface area contributed by atoms with E-state index in [-0.39, 0.29) is 0 Å². The third kappa shape index (κ3) is 4.23. The molecule has 1 aliphatic heterocycles.